The predicted molar refractivity (Wildman–Crippen MR) is 145 cm³/mol. The molecule has 7 nitrogen and oxygen atoms in total. The van der Waals surface area contributed by atoms with Gasteiger partial charge in [0.1, 0.15) is 11.5 Å². The standard InChI is InChI=1S/C29H28Cl2N2O5/c1-33-14-20(28(34)35)19-8-7-17(13-24(19)33)29(36)11-9-18(10-12-29)37-15-21-26(32-38-27(21)16-5-6-16)25-22(30)3-2-4-23(25)31/h2-4,7-8,13-14,16,18,36H,5-6,9-12,15H2,1H3,(H,34,35). The maximum atomic E-state index is 11.6. The van der Waals surface area contributed by atoms with Crippen molar-refractivity contribution in [2.45, 2.75) is 62.8 Å². The Hall–Kier alpha value is -2.84. The van der Waals surface area contributed by atoms with Gasteiger partial charge in [0.25, 0.3) is 0 Å². The minimum absolute atomic E-state index is 0.0239. The van der Waals surface area contributed by atoms with E-state index in [1.54, 1.807) is 35.0 Å². The third-order valence-corrected chi connectivity index (χ3v) is 8.58. The largest absolute Gasteiger partial charge is 0.478 e. The van der Waals surface area contributed by atoms with Crippen LogP contribution in [0.3, 0.4) is 0 Å². The molecule has 0 atom stereocenters. The van der Waals surface area contributed by atoms with Gasteiger partial charge in [-0.2, -0.15) is 0 Å². The number of carbonyl (C=O) groups is 1. The van der Waals surface area contributed by atoms with E-state index >= 15 is 0 Å². The molecule has 0 amide bonds. The summed E-state index contributed by atoms with van der Waals surface area (Å²) in [4.78, 5) is 11.6. The molecule has 0 spiro atoms. The van der Waals surface area contributed by atoms with Crippen LogP contribution < -0.4 is 0 Å². The molecule has 0 unspecified atom stereocenters. The summed E-state index contributed by atoms with van der Waals surface area (Å²) in [5.41, 5.74) is 3.04. The zero-order valence-electron chi connectivity index (χ0n) is 20.9. The number of aromatic nitrogens is 2. The van der Waals surface area contributed by atoms with E-state index in [2.05, 4.69) is 5.16 Å². The van der Waals surface area contributed by atoms with Crippen molar-refractivity contribution >= 4 is 40.1 Å². The van der Waals surface area contributed by atoms with E-state index in [9.17, 15) is 15.0 Å². The Morgan fingerprint density at radius 1 is 1.16 bits per heavy atom. The van der Waals surface area contributed by atoms with Gasteiger partial charge in [0.05, 0.1) is 33.9 Å². The van der Waals surface area contributed by atoms with Crippen LogP contribution in [0.5, 0.6) is 0 Å². The molecule has 9 heteroatoms. The molecule has 2 aliphatic rings. The van der Waals surface area contributed by atoms with E-state index < -0.39 is 11.6 Å². The van der Waals surface area contributed by atoms with Gasteiger partial charge in [-0.25, -0.2) is 4.79 Å². The monoisotopic (exact) mass is 554 g/mol. The number of hydrogen-bond donors (Lipinski definition) is 2. The quantitative estimate of drug-likeness (QED) is 0.253. The van der Waals surface area contributed by atoms with Crippen LogP contribution >= 0.6 is 23.2 Å². The van der Waals surface area contributed by atoms with E-state index in [-0.39, 0.29) is 11.7 Å². The summed E-state index contributed by atoms with van der Waals surface area (Å²) in [6.45, 7) is 0.336. The highest BCUT2D eigenvalue weighted by molar-refractivity contribution is 6.39. The first-order valence-electron chi connectivity index (χ1n) is 12.8. The molecule has 2 heterocycles. The van der Waals surface area contributed by atoms with Crippen LogP contribution in [0.2, 0.25) is 10.0 Å². The van der Waals surface area contributed by atoms with Crippen LogP contribution in [0.15, 0.2) is 47.1 Å². The van der Waals surface area contributed by atoms with Crippen LogP contribution in [0.4, 0.5) is 0 Å². The number of halogens is 2. The molecular formula is C29H28Cl2N2O5. The summed E-state index contributed by atoms with van der Waals surface area (Å²) in [5, 5.41) is 27.0. The van der Waals surface area contributed by atoms with Crippen molar-refractivity contribution in [3.05, 3.63) is 75.1 Å². The molecule has 2 aromatic heterocycles. The average Bonchev–Trinajstić information content (AvgIpc) is 3.57. The van der Waals surface area contributed by atoms with Crippen molar-refractivity contribution in [3.8, 4) is 11.3 Å². The van der Waals surface area contributed by atoms with Crippen molar-refractivity contribution in [1.29, 1.82) is 0 Å². The number of aromatic carboxylic acids is 1. The fourth-order valence-corrected chi connectivity index (χ4v) is 6.19. The first-order valence-corrected chi connectivity index (χ1v) is 13.6. The molecule has 0 radical (unpaired) electrons. The summed E-state index contributed by atoms with van der Waals surface area (Å²) in [6.07, 6.45) is 6.17. The van der Waals surface area contributed by atoms with Crippen molar-refractivity contribution in [2.75, 3.05) is 0 Å². The van der Waals surface area contributed by atoms with Crippen LogP contribution in [0.1, 0.15) is 71.7 Å². The first kappa shape index (κ1) is 25.4. The second-order valence-electron chi connectivity index (χ2n) is 10.5. The van der Waals surface area contributed by atoms with Gasteiger partial charge < -0.3 is 24.0 Å². The van der Waals surface area contributed by atoms with Crippen molar-refractivity contribution in [2.24, 2.45) is 7.05 Å². The minimum atomic E-state index is -0.992. The molecule has 2 N–H and O–H groups in total. The Morgan fingerprint density at radius 2 is 1.87 bits per heavy atom. The number of fused-ring (bicyclic) bond motifs is 1. The summed E-state index contributed by atoms with van der Waals surface area (Å²) in [5.74, 6) is 0.235. The molecule has 6 rings (SSSR count). The molecule has 2 fully saturated rings. The minimum Gasteiger partial charge on any atom is -0.478 e. The summed E-state index contributed by atoms with van der Waals surface area (Å²) < 4.78 is 13.9. The second kappa shape index (κ2) is 9.72. The van der Waals surface area contributed by atoms with E-state index in [4.69, 9.17) is 32.5 Å². The van der Waals surface area contributed by atoms with Crippen molar-refractivity contribution < 1.29 is 24.3 Å². The van der Waals surface area contributed by atoms with Crippen LogP contribution in [0, 0.1) is 0 Å². The first-order chi connectivity index (χ1) is 18.2. The molecule has 2 saturated carbocycles. The number of carboxylic acids is 1. The van der Waals surface area contributed by atoms with Gasteiger partial charge in [0.15, 0.2) is 0 Å². The fourth-order valence-electron chi connectivity index (χ4n) is 5.62. The lowest BCUT2D eigenvalue weighted by Gasteiger charge is -2.36. The summed E-state index contributed by atoms with van der Waals surface area (Å²) in [6, 6.07) is 10.9. The Kier molecular flexibility index (Phi) is 6.51. The lowest BCUT2D eigenvalue weighted by molar-refractivity contribution is -0.0640. The second-order valence-corrected chi connectivity index (χ2v) is 11.3. The van der Waals surface area contributed by atoms with Crippen LogP contribution in [-0.4, -0.2) is 32.0 Å². The maximum absolute atomic E-state index is 11.6. The van der Waals surface area contributed by atoms with Crippen molar-refractivity contribution in [3.63, 3.8) is 0 Å². The lowest BCUT2D eigenvalue weighted by atomic mass is 9.78. The molecule has 2 aromatic carbocycles. The average molecular weight is 555 g/mol. The van der Waals surface area contributed by atoms with Gasteiger partial charge in [-0.15, -0.1) is 0 Å². The number of benzene rings is 2. The number of ether oxygens (including phenoxy) is 1. The molecule has 4 aromatic rings. The van der Waals surface area contributed by atoms with Gasteiger partial charge in [-0.3, -0.25) is 0 Å². The highest BCUT2D eigenvalue weighted by Gasteiger charge is 2.37. The molecule has 2 aliphatic carbocycles. The Labute approximate surface area is 229 Å². The Bertz CT molecular complexity index is 1510. The van der Waals surface area contributed by atoms with E-state index in [1.807, 2.05) is 19.2 Å². The SMILES string of the molecule is Cn1cc(C(=O)O)c2ccc(C3(O)CCC(OCc4c(-c5c(Cl)cccc5Cl)noc4C4CC4)CC3)cc21. The van der Waals surface area contributed by atoms with Gasteiger partial charge in [0.2, 0.25) is 0 Å². The molecule has 0 saturated heterocycles. The van der Waals surface area contributed by atoms with E-state index in [0.717, 1.165) is 35.2 Å². The smallest absolute Gasteiger partial charge is 0.337 e. The zero-order valence-corrected chi connectivity index (χ0v) is 22.4. The predicted octanol–water partition coefficient (Wildman–Crippen LogP) is 7.06. The Balaban J connectivity index is 1.18. The number of nitrogens with zero attached hydrogens (tertiary/aromatic N) is 2. The molecule has 38 heavy (non-hydrogen) atoms. The highest BCUT2D eigenvalue weighted by Crippen LogP contribution is 2.46. The third-order valence-electron chi connectivity index (χ3n) is 7.95. The topological polar surface area (TPSA) is 97.7 Å². The maximum Gasteiger partial charge on any atom is 0.337 e. The van der Waals surface area contributed by atoms with E-state index in [0.29, 0.717) is 64.9 Å². The fraction of sp³-hybridized carbons (Fsp3) is 0.379. The van der Waals surface area contributed by atoms with Gasteiger partial charge in [-0.1, -0.05) is 46.6 Å². The van der Waals surface area contributed by atoms with Crippen molar-refractivity contribution in [1.82, 2.24) is 9.72 Å². The molecule has 198 valence electrons. The molecule has 0 aliphatic heterocycles. The third kappa shape index (κ3) is 4.51. The van der Waals surface area contributed by atoms with Gasteiger partial charge >= 0.3 is 5.97 Å². The highest BCUT2D eigenvalue weighted by atomic mass is 35.5. The normalized spacial score (nSPS) is 21.7. The summed E-state index contributed by atoms with van der Waals surface area (Å²) >= 11 is 13.0. The summed E-state index contributed by atoms with van der Waals surface area (Å²) in [7, 11) is 1.82. The number of carboxylic acid groups (broad SMARTS) is 1. The number of rotatable bonds is 7. The number of hydrogen-bond acceptors (Lipinski definition) is 5. The molecule has 0 bridgehead atoms. The van der Waals surface area contributed by atoms with Gasteiger partial charge in [0, 0.05) is 41.2 Å². The number of aliphatic hydroxyl groups is 1. The van der Waals surface area contributed by atoms with Crippen LogP contribution in [-0.2, 0) is 24.0 Å². The van der Waals surface area contributed by atoms with E-state index in [1.165, 1.54) is 0 Å². The lowest BCUT2D eigenvalue weighted by Crippen LogP contribution is -2.34. The number of aryl methyl sites for hydroxylation is 1. The van der Waals surface area contributed by atoms with Crippen LogP contribution in [0.25, 0.3) is 22.2 Å². The zero-order chi connectivity index (χ0) is 26.6. The molecular weight excluding hydrogens is 527 g/mol. The Morgan fingerprint density at radius 3 is 2.53 bits per heavy atom. The van der Waals surface area contributed by atoms with Gasteiger partial charge in [-0.05, 0) is 62.3 Å².